The Kier molecular flexibility index (Phi) is 14.5. The summed E-state index contributed by atoms with van der Waals surface area (Å²) < 4.78 is 0. The highest BCUT2D eigenvalue weighted by Gasteiger charge is 2.24. The van der Waals surface area contributed by atoms with E-state index in [-0.39, 0.29) is 17.9 Å². The summed E-state index contributed by atoms with van der Waals surface area (Å²) in [4.78, 5) is 24.8. The molecular weight excluding hydrogens is 308 g/mol. The number of carbonyl (C=O) groups excluding carboxylic acids is 2. The molecule has 8 nitrogen and oxygen atoms in total. The summed E-state index contributed by atoms with van der Waals surface area (Å²) in [5.41, 5.74) is 0. The maximum Gasteiger partial charge on any atom is 0.242 e. The van der Waals surface area contributed by atoms with E-state index in [2.05, 4.69) is 31.9 Å². The van der Waals surface area contributed by atoms with Gasteiger partial charge in [-0.15, -0.1) is 0 Å². The van der Waals surface area contributed by atoms with Gasteiger partial charge in [0.05, 0.1) is 6.04 Å². The Balaban J connectivity index is 4.57. The largest absolute Gasteiger partial charge is 0.353 e. The van der Waals surface area contributed by atoms with E-state index in [1.165, 1.54) is 0 Å². The summed E-state index contributed by atoms with van der Waals surface area (Å²) in [5.74, 6) is -0.244. The van der Waals surface area contributed by atoms with Gasteiger partial charge in [0.15, 0.2) is 0 Å². The zero-order valence-electron chi connectivity index (χ0n) is 15.6. The van der Waals surface area contributed by atoms with Crippen molar-refractivity contribution in [3.05, 3.63) is 0 Å². The minimum Gasteiger partial charge on any atom is -0.353 e. The molecule has 142 valence electrons. The monoisotopic (exact) mass is 344 g/mol. The number of nitrogens with one attached hydrogen (secondary N) is 6. The van der Waals surface area contributed by atoms with Crippen LogP contribution in [0.1, 0.15) is 25.7 Å². The van der Waals surface area contributed by atoms with Gasteiger partial charge in [0, 0.05) is 13.1 Å². The van der Waals surface area contributed by atoms with Crippen LogP contribution in [0.15, 0.2) is 0 Å². The number of hydrogen-bond acceptors (Lipinski definition) is 6. The van der Waals surface area contributed by atoms with Crippen molar-refractivity contribution in [1.82, 2.24) is 31.9 Å². The summed E-state index contributed by atoms with van der Waals surface area (Å²) in [5, 5.41) is 17.9. The van der Waals surface area contributed by atoms with E-state index in [1.807, 2.05) is 21.1 Å². The van der Waals surface area contributed by atoms with Crippen molar-refractivity contribution in [2.45, 2.75) is 37.8 Å². The Hall–Kier alpha value is -1.22. The fourth-order valence-electron chi connectivity index (χ4n) is 2.35. The molecule has 0 aliphatic carbocycles. The average Bonchev–Trinajstić information content (AvgIpc) is 2.58. The van der Waals surface area contributed by atoms with E-state index in [0.717, 1.165) is 32.4 Å². The highest BCUT2D eigenvalue weighted by atomic mass is 16.2. The van der Waals surface area contributed by atoms with Crippen LogP contribution in [-0.4, -0.2) is 78.3 Å². The first-order valence-corrected chi connectivity index (χ1v) is 8.79. The predicted octanol–water partition coefficient (Wildman–Crippen LogP) is -1.61. The molecule has 0 aromatic heterocycles. The maximum absolute atomic E-state index is 12.4. The molecule has 0 bridgehead atoms. The Morgan fingerprint density at radius 2 is 1.25 bits per heavy atom. The van der Waals surface area contributed by atoms with Crippen LogP contribution in [0.5, 0.6) is 0 Å². The van der Waals surface area contributed by atoms with Gasteiger partial charge in [0.1, 0.15) is 6.04 Å². The summed E-state index contributed by atoms with van der Waals surface area (Å²) in [6.45, 7) is 2.92. The lowest BCUT2D eigenvalue weighted by atomic mass is 10.1. The van der Waals surface area contributed by atoms with Crippen molar-refractivity contribution < 1.29 is 9.59 Å². The van der Waals surface area contributed by atoms with Crippen molar-refractivity contribution >= 4 is 11.8 Å². The molecule has 0 fully saturated rings. The van der Waals surface area contributed by atoms with Gasteiger partial charge in [-0.05, 0) is 67.0 Å². The second kappa shape index (κ2) is 15.3. The molecule has 2 amide bonds. The van der Waals surface area contributed by atoms with Gasteiger partial charge >= 0.3 is 0 Å². The third kappa shape index (κ3) is 10.5. The zero-order chi connectivity index (χ0) is 18.2. The fourth-order valence-corrected chi connectivity index (χ4v) is 2.35. The normalized spacial score (nSPS) is 13.3. The molecule has 0 heterocycles. The molecular formula is C16H36N6O2. The van der Waals surface area contributed by atoms with Gasteiger partial charge < -0.3 is 31.9 Å². The molecule has 0 aliphatic rings. The minimum atomic E-state index is -0.497. The van der Waals surface area contributed by atoms with Crippen LogP contribution < -0.4 is 31.9 Å². The van der Waals surface area contributed by atoms with Crippen LogP contribution in [0.3, 0.4) is 0 Å². The first kappa shape index (κ1) is 22.8. The van der Waals surface area contributed by atoms with Crippen LogP contribution in [0.25, 0.3) is 0 Å². The zero-order valence-corrected chi connectivity index (χ0v) is 15.6. The third-order valence-electron chi connectivity index (χ3n) is 3.81. The second-order valence-corrected chi connectivity index (χ2v) is 5.79. The Labute approximate surface area is 146 Å². The molecule has 6 N–H and O–H groups in total. The fraction of sp³-hybridized carbons (Fsp3) is 0.875. The van der Waals surface area contributed by atoms with E-state index in [1.54, 1.807) is 7.05 Å². The Morgan fingerprint density at radius 3 is 1.75 bits per heavy atom. The molecule has 2 atom stereocenters. The van der Waals surface area contributed by atoms with Gasteiger partial charge in [0.2, 0.25) is 11.8 Å². The number of hydrogen-bond donors (Lipinski definition) is 6. The third-order valence-corrected chi connectivity index (χ3v) is 3.81. The maximum atomic E-state index is 12.4. The molecule has 0 aromatic rings. The molecule has 0 saturated heterocycles. The van der Waals surface area contributed by atoms with Crippen LogP contribution in [-0.2, 0) is 9.59 Å². The van der Waals surface area contributed by atoms with E-state index < -0.39 is 6.04 Å². The molecule has 0 rings (SSSR count). The molecule has 0 aliphatic heterocycles. The van der Waals surface area contributed by atoms with Gasteiger partial charge in [-0.25, -0.2) is 0 Å². The molecule has 24 heavy (non-hydrogen) atoms. The van der Waals surface area contributed by atoms with Crippen molar-refractivity contribution in [3.8, 4) is 0 Å². The first-order valence-electron chi connectivity index (χ1n) is 8.79. The van der Waals surface area contributed by atoms with Gasteiger partial charge in [-0.3, -0.25) is 9.59 Å². The SMILES string of the molecule is CNCCC[C@H](NC)C(=O)N[C@@H](CCCNC)C(=O)NCCNC. The summed E-state index contributed by atoms with van der Waals surface area (Å²) in [6.07, 6.45) is 3.07. The summed E-state index contributed by atoms with van der Waals surface area (Å²) in [7, 11) is 7.37. The number of carbonyl (C=O) groups is 2. The van der Waals surface area contributed by atoms with Crippen molar-refractivity contribution in [2.24, 2.45) is 0 Å². The summed E-state index contributed by atoms with van der Waals surface area (Å²) >= 11 is 0. The lowest BCUT2D eigenvalue weighted by Crippen LogP contribution is -2.53. The van der Waals surface area contributed by atoms with Gasteiger partial charge in [-0.2, -0.15) is 0 Å². The molecule has 0 radical (unpaired) electrons. The minimum absolute atomic E-state index is 0.119. The second-order valence-electron chi connectivity index (χ2n) is 5.79. The Bertz CT molecular complexity index is 341. The molecule has 0 spiro atoms. The van der Waals surface area contributed by atoms with Crippen LogP contribution in [0.2, 0.25) is 0 Å². The molecule has 0 aromatic carbocycles. The van der Waals surface area contributed by atoms with Crippen LogP contribution in [0.4, 0.5) is 0 Å². The van der Waals surface area contributed by atoms with Gasteiger partial charge in [0.25, 0.3) is 0 Å². The van der Waals surface area contributed by atoms with E-state index >= 15 is 0 Å². The highest BCUT2D eigenvalue weighted by molar-refractivity contribution is 5.89. The topological polar surface area (TPSA) is 106 Å². The molecule has 0 saturated carbocycles. The molecule has 0 unspecified atom stereocenters. The Morgan fingerprint density at radius 1 is 0.708 bits per heavy atom. The van der Waals surface area contributed by atoms with E-state index in [4.69, 9.17) is 0 Å². The van der Waals surface area contributed by atoms with Crippen molar-refractivity contribution in [2.75, 3.05) is 54.4 Å². The van der Waals surface area contributed by atoms with Gasteiger partial charge in [-0.1, -0.05) is 0 Å². The number of rotatable bonds is 15. The van der Waals surface area contributed by atoms with Crippen molar-refractivity contribution in [3.63, 3.8) is 0 Å². The summed E-state index contributed by atoms with van der Waals surface area (Å²) in [6, 6.07) is -0.780. The smallest absolute Gasteiger partial charge is 0.242 e. The molecule has 8 heteroatoms. The lowest BCUT2D eigenvalue weighted by molar-refractivity contribution is -0.130. The lowest BCUT2D eigenvalue weighted by Gasteiger charge is -2.22. The van der Waals surface area contributed by atoms with E-state index in [9.17, 15) is 9.59 Å². The first-order chi connectivity index (χ1) is 11.6. The standard InChI is InChI=1S/C16H36N6O2/c1-17-9-5-7-13(20-4)16(24)22-14(8-6-10-18-2)15(23)21-12-11-19-3/h13-14,17-20H,5-12H2,1-4H3,(H,21,23)(H,22,24)/t13-,14-/m0/s1. The highest BCUT2D eigenvalue weighted by Crippen LogP contribution is 2.01. The number of likely N-dealkylation sites (N-methyl/N-ethyl adjacent to an activating group) is 2. The van der Waals surface area contributed by atoms with E-state index in [0.29, 0.717) is 19.5 Å². The number of amides is 2. The average molecular weight is 345 g/mol. The van der Waals surface area contributed by atoms with Crippen LogP contribution >= 0.6 is 0 Å². The van der Waals surface area contributed by atoms with Crippen molar-refractivity contribution in [1.29, 1.82) is 0 Å². The quantitative estimate of drug-likeness (QED) is 0.200. The predicted molar refractivity (Wildman–Crippen MR) is 98.0 cm³/mol. The van der Waals surface area contributed by atoms with Crippen LogP contribution in [0, 0.1) is 0 Å².